The number of carbonyl (C=O) groups excluding carboxylic acids is 3. The van der Waals surface area contributed by atoms with Gasteiger partial charge in [-0.25, -0.2) is 0 Å². The number of nitrogens with zero attached hydrogens (tertiary/aromatic N) is 1. The van der Waals surface area contributed by atoms with Crippen LogP contribution in [0.3, 0.4) is 0 Å². The van der Waals surface area contributed by atoms with Crippen molar-refractivity contribution < 1.29 is 14.4 Å². The Morgan fingerprint density at radius 2 is 1.81 bits per heavy atom. The fraction of sp³-hybridized carbons (Fsp3) is 0.211. The number of rotatable bonds is 6. The lowest BCUT2D eigenvalue weighted by Crippen LogP contribution is -2.35. The summed E-state index contributed by atoms with van der Waals surface area (Å²) in [6.07, 6.45) is 0.572. The maximum absolute atomic E-state index is 12.4. The molecule has 0 saturated heterocycles. The number of hydrogen-bond donors (Lipinski definition) is 1. The van der Waals surface area contributed by atoms with Gasteiger partial charge in [0.2, 0.25) is 5.91 Å². The van der Waals surface area contributed by atoms with Gasteiger partial charge in [0.1, 0.15) is 0 Å². The first kappa shape index (κ1) is 19.9. The molecule has 2 aromatic carbocycles. The normalized spacial score (nSPS) is 13.1. The van der Waals surface area contributed by atoms with Crippen LogP contribution in [0, 0.1) is 0 Å². The molecule has 0 radical (unpaired) electrons. The Morgan fingerprint density at radius 3 is 2.59 bits per heavy atom. The van der Waals surface area contributed by atoms with Gasteiger partial charge in [0, 0.05) is 24.0 Å². The Labute approximate surface area is 174 Å². The van der Waals surface area contributed by atoms with Crippen LogP contribution >= 0.6 is 39.1 Å². The molecule has 3 amide bonds. The molecular formula is C19H15BrCl2N2O3. The minimum absolute atomic E-state index is 0.0354. The van der Waals surface area contributed by atoms with E-state index in [-0.39, 0.29) is 30.7 Å². The van der Waals surface area contributed by atoms with E-state index in [4.69, 9.17) is 23.2 Å². The summed E-state index contributed by atoms with van der Waals surface area (Å²) in [5, 5.41) is 3.71. The van der Waals surface area contributed by atoms with Gasteiger partial charge in [-0.15, -0.1) is 0 Å². The van der Waals surface area contributed by atoms with E-state index in [0.29, 0.717) is 34.1 Å². The van der Waals surface area contributed by atoms with E-state index in [2.05, 4.69) is 21.2 Å². The van der Waals surface area contributed by atoms with Crippen LogP contribution in [-0.4, -0.2) is 35.7 Å². The largest absolute Gasteiger partial charge is 0.356 e. The second-order valence-electron chi connectivity index (χ2n) is 6.01. The number of halogens is 3. The summed E-state index contributed by atoms with van der Waals surface area (Å²) in [4.78, 5) is 37.9. The summed E-state index contributed by atoms with van der Waals surface area (Å²) >= 11 is 15.4. The fourth-order valence-corrected chi connectivity index (χ4v) is 3.62. The van der Waals surface area contributed by atoms with Gasteiger partial charge < -0.3 is 5.32 Å². The molecule has 0 aromatic heterocycles. The molecule has 1 aliphatic heterocycles. The van der Waals surface area contributed by atoms with Crippen LogP contribution in [0.25, 0.3) is 0 Å². The number of imide groups is 1. The highest BCUT2D eigenvalue weighted by atomic mass is 79.9. The minimum Gasteiger partial charge on any atom is -0.356 e. The van der Waals surface area contributed by atoms with Gasteiger partial charge >= 0.3 is 0 Å². The SMILES string of the molecule is O=C(CCN1C(=O)c2ccc(Br)cc2C1=O)NCCc1cccc(Cl)c1Cl. The first-order chi connectivity index (χ1) is 12.9. The molecule has 140 valence electrons. The molecule has 0 atom stereocenters. The quantitative estimate of drug-likeness (QED) is 0.647. The average Bonchev–Trinajstić information content (AvgIpc) is 2.87. The van der Waals surface area contributed by atoms with E-state index >= 15 is 0 Å². The summed E-state index contributed by atoms with van der Waals surface area (Å²) in [6.45, 7) is 0.418. The molecule has 1 aliphatic rings. The lowest BCUT2D eigenvalue weighted by Gasteiger charge is -2.13. The van der Waals surface area contributed by atoms with Crippen LogP contribution in [0.15, 0.2) is 40.9 Å². The van der Waals surface area contributed by atoms with Crippen LogP contribution in [0.2, 0.25) is 10.0 Å². The highest BCUT2D eigenvalue weighted by Gasteiger charge is 2.35. The predicted octanol–water partition coefficient (Wildman–Crippen LogP) is 4.10. The topological polar surface area (TPSA) is 66.5 Å². The fourth-order valence-electron chi connectivity index (χ4n) is 2.85. The van der Waals surface area contributed by atoms with Crippen LogP contribution in [0.1, 0.15) is 32.7 Å². The van der Waals surface area contributed by atoms with Crippen molar-refractivity contribution in [2.24, 2.45) is 0 Å². The second-order valence-corrected chi connectivity index (χ2v) is 7.72. The molecule has 3 rings (SSSR count). The smallest absolute Gasteiger partial charge is 0.261 e. The van der Waals surface area contributed by atoms with E-state index in [9.17, 15) is 14.4 Å². The van der Waals surface area contributed by atoms with Crippen molar-refractivity contribution in [1.82, 2.24) is 10.2 Å². The van der Waals surface area contributed by atoms with Crippen molar-refractivity contribution in [3.8, 4) is 0 Å². The monoisotopic (exact) mass is 468 g/mol. The molecule has 1 N–H and O–H groups in total. The van der Waals surface area contributed by atoms with E-state index in [0.717, 1.165) is 14.9 Å². The van der Waals surface area contributed by atoms with E-state index in [1.807, 2.05) is 6.07 Å². The zero-order chi connectivity index (χ0) is 19.6. The Hall–Kier alpha value is -1.89. The average molecular weight is 470 g/mol. The number of hydrogen-bond acceptors (Lipinski definition) is 3. The van der Waals surface area contributed by atoms with Crippen molar-refractivity contribution in [2.45, 2.75) is 12.8 Å². The Kier molecular flexibility index (Phi) is 6.19. The summed E-state index contributed by atoms with van der Waals surface area (Å²) in [5.41, 5.74) is 1.56. The van der Waals surface area contributed by atoms with E-state index in [1.165, 1.54) is 0 Å². The molecule has 0 unspecified atom stereocenters. The molecule has 0 aliphatic carbocycles. The molecule has 1 heterocycles. The van der Waals surface area contributed by atoms with Gasteiger partial charge in [0.15, 0.2) is 0 Å². The highest BCUT2D eigenvalue weighted by molar-refractivity contribution is 9.10. The summed E-state index contributed by atoms with van der Waals surface area (Å²) < 4.78 is 0.724. The molecule has 2 aromatic rings. The molecule has 0 spiro atoms. The van der Waals surface area contributed by atoms with Gasteiger partial charge in [-0.1, -0.05) is 51.3 Å². The van der Waals surface area contributed by atoms with Crippen molar-refractivity contribution in [1.29, 1.82) is 0 Å². The maximum atomic E-state index is 12.4. The van der Waals surface area contributed by atoms with Crippen molar-refractivity contribution in [2.75, 3.05) is 13.1 Å². The molecular weight excluding hydrogens is 455 g/mol. The number of fused-ring (bicyclic) bond motifs is 1. The van der Waals surface area contributed by atoms with E-state index in [1.54, 1.807) is 30.3 Å². The predicted molar refractivity (Wildman–Crippen MR) is 107 cm³/mol. The highest BCUT2D eigenvalue weighted by Crippen LogP contribution is 2.26. The standard InChI is InChI=1S/C19H15BrCl2N2O3/c20-12-4-5-13-14(10-12)19(27)24(18(13)26)9-7-16(25)23-8-6-11-2-1-3-15(21)17(11)22/h1-5,10H,6-9H2,(H,23,25). The summed E-state index contributed by atoms with van der Waals surface area (Å²) in [7, 11) is 0. The van der Waals surface area contributed by atoms with Gasteiger partial charge in [0.05, 0.1) is 21.2 Å². The second kappa shape index (κ2) is 8.42. The van der Waals surface area contributed by atoms with Crippen molar-refractivity contribution in [3.63, 3.8) is 0 Å². The number of carbonyl (C=O) groups is 3. The lowest BCUT2D eigenvalue weighted by molar-refractivity contribution is -0.121. The third-order valence-corrected chi connectivity index (χ3v) is 5.59. The first-order valence-electron chi connectivity index (χ1n) is 8.24. The van der Waals surface area contributed by atoms with Gasteiger partial charge in [-0.05, 0) is 36.2 Å². The maximum Gasteiger partial charge on any atom is 0.261 e. The third kappa shape index (κ3) is 4.34. The molecule has 5 nitrogen and oxygen atoms in total. The first-order valence-corrected chi connectivity index (χ1v) is 9.78. The Bertz CT molecular complexity index is 933. The molecule has 0 bridgehead atoms. The zero-order valence-corrected chi connectivity index (χ0v) is 17.2. The van der Waals surface area contributed by atoms with Crippen LogP contribution < -0.4 is 5.32 Å². The summed E-state index contributed by atoms with van der Waals surface area (Å²) in [6, 6.07) is 10.3. The van der Waals surface area contributed by atoms with Gasteiger partial charge in [0.25, 0.3) is 11.8 Å². The molecule has 8 heteroatoms. The number of amides is 3. The lowest BCUT2D eigenvalue weighted by atomic mass is 10.1. The van der Waals surface area contributed by atoms with Crippen LogP contribution in [0.4, 0.5) is 0 Å². The number of benzene rings is 2. The van der Waals surface area contributed by atoms with Crippen LogP contribution in [-0.2, 0) is 11.2 Å². The van der Waals surface area contributed by atoms with Gasteiger partial charge in [-0.3, -0.25) is 19.3 Å². The minimum atomic E-state index is -0.380. The summed E-state index contributed by atoms with van der Waals surface area (Å²) in [5.74, 6) is -0.998. The molecule has 27 heavy (non-hydrogen) atoms. The zero-order valence-electron chi connectivity index (χ0n) is 14.1. The van der Waals surface area contributed by atoms with Crippen molar-refractivity contribution in [3.05, 3.63) is 67.6 Å². The third-order valence-electron chi connectivity index (χ3n) is 4.24. The number of nitrogens with one attached hydrogen (secondary N) is 1. The molecule has 0 fully saturated rings. The van der Waals surface area contributed by atoms with E-state index < -0.39 is 0 Å². The molecule has 0 saturated carbocycles. The Balaban J connectivity index is 1.50. The Morgan fingerprint density at radius 1 is 1.07 bits per heavy atom. The van der Waals surface area contributed by atoms with Gasteiger partial charge in [-0.2, -0.15) is 0 Å². The van der Waals surface area contributed by atoms with Crippen LogP contribution in [0.5, 0.6) is 0 Å². The van der Waals surface area contributed by atoms with Crippen molar-refractivity contribution >= 4 is 56.9 Å².